The zero-order valence-corrected chi connectivity index (χ0v) is 21.9. The van der Waals surface area contributed by atoms with Gasteiger partial charge in [0.1, 0.15) is 6.10 Å². The van der Waals surface area contributed by atoms with E-state index in [1.54, 1.807) is 0 Å². The number of allylic oxidation sites excluding steroid dienone is 5. The van der Waals surface area contributed by atoms with E-state index in [4.69, 9.17) is 4.74 Å². The Hall–Kier alpha value is -1.64. The first-order chi connectivity index (χ1) is 15.5. The van der Waals surface area contributed by atoms with Gasteiger partial charge in [-0.25, -0.2) is 0 Å². The Labute approximate surface area is 201 Å². The summed E-state index contributed by atoms with van der Waals surface area (Å²) in [5, 5.41) is 0. The monoisotopic (exact) mass is 452 g/mol. The molecule has 0 aromatic rings. The third-order valence-corrected chi connectivity index (χ3v) is 10.1. The van der Waals surface area contributed by atoms with E-state index in [0.29, 0.717) is 36.0 Å². The molecule has 0 N–H and O–H groups in total. The lowest BCUT2D eigenvalue weighted by atomic mass is 9.53. The maximum Gasteiger partial charge on any atom is 0.302 e. The Morgan fingerprint density at radius 3 is 2.48 bits per heavy atom. The smallest absolute Gasteiger partial charge is 0.302 e. The quantitative estimate of drug-likeness (QED) is 0.326. The molecule has 0 aromatic heterocycles. The highest BCUT2D eigenvalue weighted by molar-refractivity contribution is 6.07. The number of ketones is 1. The third-order valence-electron chi connectivity index (χ3n) is 10.1. The Morgan fingerprint density at radius 2 is 1.82 bits per heavy atom. The summed E-state index contributed by atoms with van der Waals surface area (Å²) in [7, 11) is 0. The summed E-state index contributed by atoms with van der Waals surface area (Å²) in [5.41, 5.74) is 3.95. The van der Waals surface area contributed by atoms with Gasteiger partial charge in [-0.15, -0.1) is 0 Å². The van der Waals surface area contributed by atoms with E-state index in [2.05, 4.69) is 53.7 Å². The zero-order valence-electron chi connectivity index (χ0n) is 21.9. The van der Waals surface area contributed by atoms with Crippen LogP contribution in [0, 0.1) is 40.4 Å². The van der Waals surface area contributed by atoms with Crippen molar-refractivity contribution in [3.8, 4) is 0 Å². The summed E-state index contributed by atoms with van der Waals surface area (Å²) in [6.45, 7) is 15.6. The minimum Gasteiger partial charge on any atom is -0.462 e. The molecule has 2 saturated carbocycles. The van der Waals surface area contributed by atoms with Crippen LogP contribution in [0.1, 0.15) is 93.4 Å². The number of carbonyl (C=O) groups excluding carboxylic acids is 2. The topological polar surface area (TPSA) is 43.4 Å². The first-order valence-electron chi connectivity index (χ1n) is 13.3. The van der Waals surface area contributed by atoms with Crippen LogP contribution in [0.4, 0.5) is 0 Å². The fourth-order valence-corrected chi connectivity index (χ4v) is 7.62. The molecule has 0 aliphatic heterocycles. The van der Waals surface area contributed by atoms with Crippen molar-refractivity contribution in [1.29, 1.82) is 0 Å². The van der Waals surface area contributed by atoms with E-state index >= 15 is 0 Å². The van der Waals surface area contributed by atoms with Gasteiger partial charge in [0.15, 0.2) is 5.78 Å². The van der Waals surface area contributed by atoms with Crippen molar-refractivity contribution in [3.05, 3.63) is 34.9 Å². The molecule has 0 spiro atoms. The Morgan fingerprint density at radius 1 is 1.09 bits per heavy atom. The summed E-state index contributed by atoms with van der Waals surface area (Å²) in [6.07, 6.45) is 13.9. The van der Waals surface area contributed by atoms with E-state index in [0.717, 1.165) is 31.3 Å². The number of rotatable bonds is 5. The van der Waals surface area contributed by atoms with Gasteiger partial charge in [-0.05, 0) is 79.6 Å². The summed E-state index contributed by atoms with van der Waals surface area (Å²) in [6, 6.07) is 0. The molecule has 3 heteroatoms. The maximum absolute atomic E-state index is 13.5. The Bertz CT molecular complexity index is 906. The van der Waals surface area contributed by atoms with E-state index in [1.807, 2.05) is 6.08 Å². The van der Waals surface area contributed by atoms with E-state index in [1.165, 1.54) is 30.9 Å². The van der Waals surface area contributed by atoms with Crippen molar-refractivity contribution in [2.75, 3.05) is 0 Å². The second-order valence-electron chi connectivity index (χ2n) is 12.3. The average Bonchev–Trinajstić information content (AvgIpc) is 3.09. The van der Waals surface area contributed by atoms with Crippen molar-refractivity contribution in [2.45, 2.75) is 99.5 Å². The Kier molecular flexibility index (Phi) is 6.57. The fourth-order valence-electron chi connectivity index (χ4n) is 7.62. The van der Waals surface area contributed by atoms with Gasteiger partial charge in [-0.1, -0.05) is 64.8 Å². The number of carbonyl (C=O) groups is 2. The van der Waals surface area contributed by atoms with Crippen LogP contribution in [0.15, 0.2) is 34.9 Å². The van der Waals surface area contributed by atoms with Crippen LogP contribution in [-0.4, -0.2) is 17.9 Å². The molecule has 2 fully saturated rings. The lowest BCUT2D eigenvalue weighted by molar-refractivity contribution is -0.147. The van der Waals surface area contributed by atoms with Gasteiger partial charge in [0.2, 0.25) is 0 Å². The molecule has 0 heterocycles. The standard InChI is InChI=1S/C30H44O3/c1-18(2)19(3)8-9-20(4)24-10-11-25-28-26(13-15-30(24,25)7)29(6)14-12-23(33-21(5)31)16-22(29)17-27(28)32/h8-9,17-20,23-25H,10-16H2,1-7H3/b9-8+/t19-,20+,23+,24+,25+,29+,30-/m0/s1. The molecule has 4 rings (SSSR count). The second kappa shape index (κ2) is 8.86. The fraction of sp³-hybridized carbons (Fsp3) is 0.733. The van der Waals surface area contributed by atoms with Crippen molar-refractivity contribution < 1.29 is 14.3 Å². The molecule has 0 unspecified atom stereocenters. The highest BCUT2D eigenvalue weighted by Crippen LogP contribution is 2.64. The molecule has 7 atom stereocenters. The largest absolute Gasteiger partial charge is 0.462 e. The van der Waals surface area contributed by atoms with Crippen molar-refractivity contribution in [2.24, 2.45) is 40.4 Å². The highest BCUT2D eigenvalue weighted by atomic mass is 16.5. The minimum atomic E-state index is -0.220. The lowest BCUT2D eigenvalue weighted by Crippen LogP contribution is -2.44. The first-order valence-corrected chi connectivity index (χ1v) is 13.3. The summed E-state index contributed by atoms with van der Waals surface area (Å²) >= 11 is 0. The van der Waals surface area contributed by atoms with Crippen molar-refractivity contribution in [3.63, 3.8) is 0 Å². The van der Waals surface area contributed by atoms with Crippen molar-refractivity contribution >= 4 is 11.8 Å². The molecule has 4 aliphatic rings. The normalized spacial score (nSPS) is 38.0. The number of esters is 1. The number of hydrogen-bond donors (Lipinski definition) is 0. The van der Waals surface area contributed by atoms with Gasteiger partial charge >= 0.3 is 5.97 Å². The molecule has 0 radical (unpaired) electrons. The average molecular weight is 453 g/mol. The molecular weight excluding hydrogens is 408 g/mol. The molecule has 0 amide bonds. The molecule has 0 bridgehead atoms. The van der Waals surface area contributed by atoms with E-state index in [-0.39, 0.29) is 28.7 Å². The maximum atomic E-state index is 13.5. The van der Waals surface area contributed by atoms with Gasteiger partial charge in [-0.2, -0.15) is 0 Å². The highest BCUT2D eigenvalue weighted by Gasteiger charge is 2.56. The van der Waals surface area contributed by atoms with Gasteiger partial charge in [0.25, 0.3) is 0 Å². The molecule has 182 valence electrons. The van der Waals surface area contributed by atoms with Gasteiger partial charge in [0.05, 0.1) is 0 Å². The van der Waals surface area contributed by atoms with Gasteiger partial charge in [-0.3, -0.25) is 9.59 Å². The lowest BCUT2D eigenvalue weighted by Gasteiger charge is -2.51. The van der Waals surface area contributed by atoms with Crippen LogP contribution < -0.4 is 0 Å². The van der Waals surface area contributed by atoms with Crippen LogP contribution in [0.25, 0.3) is 0 Å². The van der Waals surface area contributed by atoms with E-state index < -0.39 is 0 Å². The summed E-state index contributed by atoms with van der Waals surface area (Å²) in [4.78, 5) is 25.0. The SMILES string of the molecule is CC(=O)O[C@@H]1CC[C@]2(C)C(=CC(=O)C3=C2CC[C@]2(C)[C@@H]3CC[C@@H]2[C@H](C)/C=C/[C@H](C)C(C)C)C1. The number of ether oxygens (including phenoxy) is 1. The zero-order chi connectivity index (χ0) is 24.1. The first kappa shape index (κ1) is 24.5. The van der Waals surface area contributed by atoms with Crippen LogP contribution in [-0.2, 0) is 14.3 Å². The van der Waals surface area contributed by atoms with Crippen molar-refractivity contribution in [1.82, 2.24) is 0 Å². The van der Waals surface area contributed by atoms with Crippen LogP contribution in [0.2, 0.25) is 0 Å². The molecule has 4 aliphatic carbocycles. The van der Waals surface area contributed by atoms with Gasteiger partial charge < -0.3 is 4.74 Å². The molecular formula is C30H44O3. The predicted octanol–water partition coefficient (Wildman–Crippen LogP) is 7.22. The summed E-state index contributed by atoms with van der Waals surface area (Å²) < 4.78 is 5.52. The molecule has 33 heavy (non-hydrogen) atoms. The summed E-state index contributed by atoms with van der Waals surface area (Å²) in [5.74, 6) is 2.86. The second-order valence-corrected chi connectivity index (χ2v) is 12.3. The van der Waals surface area contributed by atoms with Gasteiger partial charge in [0, 0.05) is 24.3 Å². The van der Waals surface area contributed by atoms with E-state index in [9.17, 15) is 9.59 Å². The Balaban J connectivity index is 1.58. The molecule has 0 aromatic carbocycles. The van der Waals surface area contributed by atoms with Crippen LogP contribution in [0.3, 0.4) is 0 Å². The number of hydrogen-bond acceptors (Lipinski definition) is 3. The minimum absolute atomic E-state index is 0.0302. The van der Waals surface area contributed by atoms with Crippen LogP contribution >= 0.6 is 0 Å². The third kappa shape index (κ3) is 4.19. The molecule has 3 nitrogen and oxygen atoms in total. The number of fused-ring (bicyclic) bond motifs is 4. The predicted molar refractivity (Wildman–Crippen MR) is 133 cm³/mol. The van der Waals surface area contributed by atoms with Crippen LogP contribution in [0.5, 0.6) is 0 Å². The molecule has 0 saturated heterocycles.